The van der Waals surface area contributed by atoms with Gasteiger partial charge in [0, 0.05) is 6.20 Å². The minimum Gasteiger partial charge on any atom is -0.437 e. The molecule has 0 fully saturated rings. The van der Waals surface area contributed by atoms with E-state index in [1.54, 1.807) is 32.2 Å². The molecular formula is C18H23N3O4. The van der Waals surface area contributed by atoms with Gasteiger partial charge in [0.1, 0.15) is 17.0 Å². The number of hydroxylamine groups is 1. The molecule has 25 heavy (non-hydrogen) atoms. The van der Waals surface area contributed by atoms with Gasteiger partial charge < -0.3 is 15.2 Å². The van der Waals surface area contributed by atoms with E-state index in [1.165, 1.54) is 0 Å². The number of hydrogen-bond donors (Lipinski definition) is 3. The summed E-state index contributed by atoms with van der Waals surface area (Å²) >= 11 is 0. The number of carbonyl (C=O) groups excluding carboxylic acids is 1. The number of amides is 2. The number of urea groups is 1. The van der Waals surface area contributed by atoms with Gasteiger partial charge in [0.05, 0.1) is 6.61 Å². The fourth-order valence-corrected chi connectivity index (χ4v) is 1.87. The maximum absolute atomic E-state index is 12.0. The van der Waals surface area contributed by atoms with E-state index in [1.807, 2.05) is 32.0 Å². The van der Waals surface area contributed by atoms with Crippen LogP contribution in [-0.4, -0.2) is 28.3 Å². The summed E-state index contributed by atoms with van der Waals surface area (Å²) in [6, 6.07) is 8.49. The predicted molar refractivity (Wildman–Crippen MR) is 94.6 cm³/mol. The summed E-state index contributed by atoms with van der Waals surface area (Å²) in [6.45, 7) is 7.01. The lowest BCUT2D eigenvalue weighted by Gasteiger charge is -2.22. The van der Waals surface area contributed by atoms with E-state index in [2.05, 4.69) is 15.8 Å². The maximum atomic E-state index is 12.0. The van der Waals surface area contributed by atoms with Gasteiger partial charge in [-0.25, -0.2) is 15.3 Å². The molecule has 0 saturated heterocycles. The van der Waals surface area contributed by atoms with E-state index in [-0.39, 0.29) is 12.5 Å². The number of nitrogens with zero attached hydrogens (tertiary/aromatic N) is 1. The molecule has 0 aliphatic rings. The number of carbonyl (C=O) groups is 1. The number of ether oxygens (including phenoxy) is 1. The van der Waals surface area contributed by atoms with E-state index >= 15 is 0 Å². The first kappa shape index (κ1) is 18.7. The van der Waals surface area contributed by atoms with E-state index < -0.39 is 11.6 Å². The Labute approximate surface area is 146 Å². The van der Waals surface area contributed by atoms with Crippen molar-refractivity contribution in [1.29, 1.82) is 0 Å². The van der Waals surface area contributed by atoms with Crippen molar-refractivity contribution in [2.24, 2.45) is 0 Å². The first-order valence-corrected chi connectivity index (χ1v) is 7.87. The Bertz CT molecular complexity index is 747. The fraction of sp³-hybridized carbons (Fsp3) is 0.333. The van der Waals surface area contributed by atoms with Crippen molar-refractivity contribution in [3.63, 3.8) is 0 Å². The summed E-state index contributed by atoms with van der Waals surface area (Å²) < 4.78 is 5.85. The first-order chi connectivity index (χ1) is 11.8. The lowest BCUT2D eigenvalue weighted by molar-refractivity contribution is -0.0907. The molecule has 1 aromatic heterocycles. The van der Waals surface area contributed by atoms with E-state index in [4.69, 9.17) is 14.7 Å². The van der Waals surface area contributed by atoms with Crippen LogP contribution in [0.5, 0.6) is 11.6 Å². The molecule has 0 aliphatic heterocycles. The average Bonchev–Trinajstić information content (AvgIpc) is 2.59. The van der Waals surface area contributed by atoms with Gasteiger partial charge >= 0.3 is 6.03 Å². The summed E-state index contributed by atoms with van der Waals surface area (Å²) in [5.41, 5.74) is 3.84. The molecular weight excluding hydrogens is 322 g/mol. The molecule has 0 aliphatic carbocycles. The van der Waals surface area contributed by atoms with Crippen LogP contribution in [0.4, 0.5) is 10.5 Å². The molecule has 0 unspecified atom stereocenters. The van der Waals surface area contributed by atoms with E-state index in [0.29, 0.717) is 11.4 Å². The van der Waals surface area contributed by atoms with Crippen molar-refractivity contribution in [1.82, 2.24) is 10.5 Å². The second-order valence-electron chi connectivity index (χ2n) is 6.23. The van der Waals surface area contributed by atoms with Crippen LogP contribution in [0.15, 0.2) is 36.5 Å². The van der Waals surface area contributed by atoms with Crippen LogP contribution in [-0.2, 0) is 4.84 Å². The summed E-state index contributed by atoms with van der Waals surface area (Å²) in [4.78, 5) is 21.3. The molecule has 2 amide bonds. The molecule has 1 aromatic carbocycles. The number of benzene rings is 1. The first-order valence-electron chi connectivity index (χ1n) is 7.87. The number of hydrogen-bond acceptors (Lipinski definition) is 5. The summed E-state index contributed by atoms with van der Waals surface area (Å²) in [7, 11) is 0. The van der Waals surface area contributed by atoms with E-state index in [9.17, 15) is 4.79 Å². The molecule has 1 heterocycles. The highest BCUT2D eigenvalue weighted by Gasteiger charge is 2.19. The standard InChI is InChI=1S/C18H23N3O4/c1-12-7-5-9-15(13(12)2)24-16-14(8-6-10-19-16)20-17(23)21-25-18(3,4)11-22/h5-10,22H,11H2,1-4H3,(H2,20,21,23). The minimum absolute atomic E-state index is 0.235. The SMILES string of the molecule is Cc1cccc(Oc2ncccc2NC(=O)NOC(C)(C)CO)c1C. The fourth-order valence-electron chi connectivity index (χ4n) is 1.87. The van der Waals surface area contributed by atoms with Crippen LogP contribution in [0.2, 0.25) is 0 Å². The third kappa shape index (κ3) is 5.17. The van der Waals surface area contributed by atoms with Gasteiger partial charge in [0.2, 0.25) is 5.88 Å². The third-order valence-electron chi connectivity index (χ3n) is 3.58. The van der Waals surface area contributed by atoms with Gasteiger partial charge in [-0.2, -0.15) is 0 Å². The van der Waals surface area contributed by atoms with Gasteiger partial charge in [-0.3, -0.25) is 4.84 Å². The molecule has 0 saturated carbocycles. The zero-order valence-corrected chi connectivity index (χ0v) is 14.8. The van der Waals surface area contributed by atoms with Gasteiger partial charge in [0.15, 0.2) is 0 Å². The number of aliphatic hydroxyl groups is 1. The van der Waals surface area contributed by atoms with Gasteiger partial charge in [0.25, 0.3) is 0 Å². The third-order valence-corrected chi connectivity index (χ3v) is 3.58. The Morgan fingerprint density at radius 2 is 2.00 bits per heavy atom. The lowest BCUT2D eigenvalue weighted by atomic mass is 10.1. The van der Waals surface area contributed by atoms with Crippen LogP contribution in [0.3, 0.4) is 0 Å². The van der Waals surface area contributed by atoms with Crippen LogP contribution in [0.1, 0.15) is 25.0 Å². The van der Waals surface area contributed by atoms with Crippen molar-refractivity contribution < 1.29 is 19.5 Å². The van der Waals surface area contributed by atoms with Crippen molar-refractivity contribution in [3.05, 3.63) is 47.7 Å². The van der Waals surface area contributed by atoms with Crippen molar-refractivity contribution in [2.75, 3.05) is 11.9 Å². The molecule has 0 atom stereocenters. The van der Waals surface area contributed by atoms with Crippen LogP contribution < -0.4 is 15.5 Å². The Hall–Kier alpha value is -2.64. The number of aryl methyl sites for hydroxylation is 1. The average molecular weight is 345 g/mol. The lowest BCUT2D eigenvalue weighted by Crippen LogP contribution is -2.40. The summed E-state index contributed by atoms with van der Waals surface area (Å²) in [6.07, 6.45) is 1.58. The van der Waals surface area contributed by atoms with Gasteiger partial charge in [-0.1, -0.05) is 12.1 Å². The zero-order valence-electron chi connectivity index (χ0n) is 14.8. The number of pyridine rings is 1. The zero-order chi connectivity index (χ0) is 18.4. The minimum atomic E-state index is -0.885. The van der Waals surface area contributed by atoms with Crippen LogP contribution in [0, 0.1) is 13.8 Å². The second-order valence-corrected chi connectivity index (χ2v) is 6.23. The normalized spacial score (nSPS) is 11.1. The highest BCUT2D eigenvalue weighted by atomic mass is 16.7. The van der Waals surface area contributed by atoms with Crippen LogP contribution >= 0.6 is 0 Å². The number of rotatable bonds is 6. The topological polar surface area (TPSA) is 92.7 Å². The molecule has 3 N–H and O–H groups in total. The molecule has 7 nitrogen and oxygen atoms in total. The Kier molecular flexibility index (Phi) is 5.95. The number of anilines is 1. The predicted octanol–water partition coefficient (Wildman–Crippen LogP) is 3.31. The number of aromatic nitrogens is 1. The maximum Gasteiger partial charge on any atom is 0.343 e. The summed E-state index contributed by atoms with van der Waals surface area (Å²) in [5.74, 6) is 0.938. The highest BCUT2D eigenvalue weighted by molar-refractivity contribution is 5.89. The molecule has 0 spiro atoms. The number of nitrogens with one attached hydrogen (secondary N) is 2. The molecule has 0 radical (unpaired) electrons. The van der Waals surface area contributed by atoms with Gasteiger partial charge in [-0.15, -0.1) is 0 Å². The van der Waals surface area contributed by atoms with Crippen molar-refractivity contribution >= 4 is 11.7 Å². The van der Waals surface area contributed by atoms with E-state index in [0.717, 1.165) is 11.1 Å². The monoisotopic (exact) mass is 345 g/mol. The highest BCUT2D eigenvalue weighted by Crippen LogP contribution is 2.30. The smallest absolute Gasteiger partial charge is 0.343 e. The molecule has 2 rings (SSSR count). The van der Waals surface area contributed by atoms with Crippen molar-refractivity contribution in [2.45, 2.75) is 33.3 Å². The molecule has 2 aromatic rings. The Balaban J connectivity index is 2.10. The second kappa shape index (κ2) is 7.96. The largest absolute Gasteiger partial charge is 0.437 e. The quantitative estimate of drug-likeness (QED) is 0.699. The molecule has 7 heteroatoms. The Morgan fingerprint density at radius 1 is 1.24 bits per heavy atom. The molecule has 0 bridgehead atoms. The number of aliphatic hydroxyl groups excluding tert-OH is 1. The van der Waals surface area contributed by atoms with Crippen LogP contribution in [0.25, 0.3) is 0 Å². The Morgan fingerprint density at radius 3 is 2.72 bits per heavy atom. The summed E-state index contributed by atoms with van der Waals surface area (Å²) in [5, 5.41) is 11.7. The van der Waals surface area contributed by atoms with Gasteiger partial charge in [-0.05, 0) is 57.0 Å². The van der Waals surface area contributed by atoms with Crippen molar-refractivity contribution in [3.8, 4) is 11.6 Å². The molecule has 134 valence electrons.